The molecule has 14 heavy (non-hydrogen) atoms. The predicted molar refractivity (Wildman–Crippen MR) is 55.4 cm³/mol. The molecule has 0 heterocycles. The van der Waals surface area contributed by atoms with Crippen molar-refractivity contribution in [2.45, 2.75) is 0 Å². The van der Waals surface area contributed by atoms with Crippen molar-refractivity contribution >= 4 is 13.2 Å². The minimum atomic E-state index is -1.11. The number of benzene rings is 1. The number of phenols is 1. The van der Waals surface area contributed by atoms with Gasteiger partial charge in [0.25, 0.3) is 0 Å². The molecular formula is C9H13O4P. The Balaban J connectivity index is 3.04. The van der Waals surface area contributed by atoms with E-state index in [1.165, 1.54) is 13.2 Å². The Morgan fingerprint density at radius 2 is 1.93 bits per heavy atom. The Labute approximate surface area is 83.5 Å². The zero-order valence-electron chi connectivity index (χ0n) is 7.84. The molecule has 78 valence electrons. The van der Waals surface area contributed by atoms with Crippen LogP contribution in [0.3, 0.4) is 0 Å². The average Bonchev–Trinajstić information content (AvgIpc) is 2.22. The molecule has 0 aliphatic rings. The van der Waals surface area contributed by atoms with Gasteiger partial charge in [-0.05, 0) is 26.1 Å². The Hall–Kier alpha value is -0.830. The fourth-order valence-electron chi connectivity index (χ4n) is 1.08. The summed E-state index contributed by atoms with van der Waals surface area (Å²) >= 11 is 0. The summed E-state index contributed by atoms with van der Waals surface area (Å²) in [6.07, 6.45) is -0.293. The van der Waals surface area contributed by atoms with E-state index in [2.05, 4.69) is 0 Å². The minimum Gasteiger partial charge on any atom is -0.507 e. The zero-order valence-corrected chi connectivity index (χ0v) is 8.74. The van der Waals surface area contributed by atoms with Crippen molar-refractivity contribution < 1.29 is 20.1 Å². The molecule has 5 heteroatoms. The van der Waals surface area contributed by atoms with Crippen LogP contribution in [0.1, 0.15) is 0 Å². The van der Waals surface area contributed by atoms with Gasteiger partial charge in [0.15, 0.2) is 0 Å². The number of methoxy groups -OCH3 is 1. The topological polar surface area (TPSA) is 69.9 Å². The first kappa shape index (κ1) is 11.2. The number of phenolic OH excluding ortho intramolecular Hbond substituents is 1. The standard InChI is InChI=1S/C9H13O4P/c1-13-7-2-3-8(12)9(4-7)14(5-10)6-11/h2-4,10-12H,5-6H2,1H3. The largest absolute Gasteiger partial charge is 0.507 e. The quantitative estimate of drug-likeness (QED) is 0.637. The van der Waals surface area contributed by atoms with Crippen LogP contribution in [0, 0.1) is 0 Å². The molecule has 0 bridgehead atoms. The molecule has 0 aromatic heterocycles. The van der Waals surface area contributed by atoms with Gasteiger partial charge in [0.05, 0.1) is 19.8 Å². The van der Waals surface area contributed by atoms with Gasteiger partial charge < -0.3 is 20.1 Å². The molecule has 0 aliphatic carbocycles. The molecule has 0 saturated heterocycles. The maximum Gasteiger partial charge on any atom is 0.123 e. The molecule has 3 N–H and O–H groups in total. The number of aromatic hydroxyl groups is 1. The van der Waals surface area contributed by atoms with Gasteiger partial charge in [0.2, 0.25) is 0 Å². The van der Waals surface area contributed by atoms with E-state index >= 15 is 0 Å². The van der Waals surface area contributed by atoms with E-state index in [-0.39, 0.29) is 18.4 Å². The van der Waals surface area contributed by atoms with E-state index in [1.807, 2.05) is 0 Å². The molecular weight excluding hydrogens is 203 g/mol. The van der Waals surface area contributed by atoms with Crippen molar-refractivity contribution in [2.75, 3.05) is 19.8 Å². The smallest absolute Gasteiger partial charge is 0.123 e. The lowest BCUT2D eigenvalue weighted by molar-refractivity contribution is 0.345. The SMILES string of the molecule is COc1ccc(O)c(P(CO)CO)c1. The normalized spacial score (nSPS) is 10.6. The first-order chi connectivity index (χ1) is 6.72. The van der Waals surface area contributed by atoms with E-state index in [1.54, 1.807) is 12.1 Å². The second-order valence-electron chi connectivity index (χ2n) is 2.68. The second-order valence-corrected chi connectivity index (χ2v) is 4.80. The van der Waals surface area contributed by atoms with Crippen LogP contribution in [-0.2, 0) is 0 Å². The van der Waals surface area contributed by atoms with Crippen molar-refractivity contribution in [1.29, 1.82) is 0 Å². The van der Waals surface area contributed by atoms with Crippen LogP contribution < -0.4 is 10.0 Å². The summed E-state index contributed by atoms with van der Waals surface area (Å²) in [5.74, 6) is 0.687. The Kier molecular flexibility index (Phi) is 4.14. The van der Waals surface area contributed by atoms with Crippen LogP contribution >= 0.6 is 7.92 Å². The van der Waals surface area contributed by atoms with Crippen molar-refractivity contribution in [3.05, 3.63) is 18.2 Å². The minimum absolute atomic E-state index is 0.0833. The van der Waals surface area contributed by atoms with Gasteiger partial charge in [-0.1, -0.05) is 0 Å². The van der Waals surface area contributed by atoms with Gasteiger partial charge in [-0.3, -0.25) is 0 Å². The molecule has 1 aromatic rings. The first-order valence-electron chi connectivity index (χ1n) is 4.06. The number of hydrogen-bond donors (Lipinski definition) is 3. The molecule has 0 saturated carbocycles. The molecule has 0 radical (unpaired) electrons. The van der Waals surface area contributed by atoms with Crippen molar-refractivity contribution in [3.63, 3.8) is 0 Å². The van der Waals surface area contributed by atoms with Crippen molar-refractivity contribution in [1.82, 2.24) is 0 Å². The van der Waals surface area contributed by atoms with Crippen LogP contribution in [-0.4, -0.2) is 35.1 Å². The number of aliphatic hydroxyl groups excluding tert-OH is 2. The summed E-state index contributed by atoms with van der Waals surface area (Å²) in [5, 5.41) is 28.0. The van der Waals surface area contributed by atoms with Crippen molar-refractivity contribution in [3.8, 4) is 11.5 Å². The molecule has 4 nitrogen and oxygen atoms in total. The van der Waals surface area contributed by atoms with Gasteiger partial charge in [-0.2, -0.15) is 0 Å². The molecule has 0 atom stereocenters. The summed E-state index contributed by atoms with van der Waals surface area (Å²) in [6.45, 7) is 0. The monoisotopic (exact) mass is 216 g/mol. The summed E-state index contributed by atoms with van der Waals surface area (Å²) in [4.78, 5) is 0. The first-order valence-corrected chi connectivity index (χ1v) is 5.77. The predicted octanol–water partition coefficient (Wildman–Crippen LogP) is 0.408. The maximum absolute atomic E-state index is 9.50. The van der Waals surface area contributed by atoms with Crippen molar-refractivity contribution in [2.24, 2.45) is 0 Å². The highest BCUT2D eigenvalue weighted by atomic mass is 31.1. The Morgan fingerprint density at radius 3 is 2.43 bits per heavy atom. The third-order valence-electron chi connectivity index (χ3n) is 1.86. The van der Waals surface area contributed by atoms with E-state index < -0.39 is 7.92 Å². The number of aliphatic hydroxyl groups is 2. The number of hydrogen-bond acceptors (Lipinski definition) is 4. The van der Waals surface area contributed by atoms with E-state index in [4.69, 9.17) is 14.9 Å². The fraction of sp³-hybridized carbons (Fsp3) is 0.333. The molecule has 1 rings (SSSR count). The summed E-state index contributed by atoms with van der Waals surface area (Å²) in [7, 11) is 0.411. The Morgan fingerprint density at radius 1 is 1.29 bits per heavy atom. The van der Waals surface area contributed by atoms with Gasteiger partial charge in [-0.25, -0.2) is 0 Å². The number of ether oxygens (including phenoxy) is 1. The van der Waals surface area contributed by atoms with Gasteiger partial charge in [0.1, 0.15) is 11.5 Å². The maximum atomic E-state index is 9.50. The second kappa shape index (κ2) is 5.15. The van der Waals surface area contributed by atoms with Gasteiger partial charge in [0, 0.05) is 5.30 Å². The highest BCUT2D eigenvalue weighted by Gasteiger charge is 2.13. The molecule has 0 unspecified atom stereocenters. The highest BCUT2D eigenvalue weighted by Crippen LogP contribution is 2.36. The van der Waals surface area contributed by atoms with Crippen LogP contribution in [0.25, 0.3) is 0 Å². The molecule has 1 aromatic carbocycles. The molecule has 0 spiro atoms. The van der Waals surface area contributed by atoms with Crippen LogP contribution in [0.5, 0.6) is 11.5 Å². The highest BCUT2D eigenvalue weighted by molar-refractivity contribution is 7.65. The summed E-state index contributed by atoms with van der Waals surface area (Å²) in [5.41, 5.74) is 0. The lowest BCUT2D eigenvalue weighted by Crippen LogP contribution is -2.07. The van der Waals surface area contributed by atoms with E-state index in [0.717, 1.165) is 0 Å². The number of rotatable bonds is 4. The average molecular weight is 216 g/mol. The molecule has 0 aliphatic heterocycles. The fourth-order valence-corrected chi connectivity index (χ4v) is 2.18. The Bertz CT molecular complexity index is 299. The van der Waals surface area contributed by atoms with Gasteiger partial charge >= 0.3 is 0 Å². The van der Waals surface area contributed by atoms with Crippen LogP contribution in [0.4, 0.5) is 0 Å². The van der Waals surface area contributed by atoms with Crippen LogP contribution in [0.15, 0.2) is 18.2 Å². The van der Waals surface area contributed by atoms with Crippen LogP contribution in [0.2, 0.25) is 0 Å². The third kappa shape index (κ3) is 2.35. The molecule has 0 fully saturated rings. The third-order valence-corrected chi connectivity index (χ3v) is 3.59. The lowest BCUT2D eigenvalue weighted by atomic mass is 10.3. The lowest BCUT2D eigenvalue weighted by Gasteiger charge is -2.14. The zero-order chi connectivity index (χ0) is 10.6. The van der Waals surface area contributed by atoms with E-state index in [9.17, 15) is 5.11 Å². The summed E-state index contributed by atoms with van der Waals surface area (Å²) < 4.78 is 4.98. The van der Waals surface area contributed by atoms with Gasteiger partial charge in [-0.15, -0.1) is 0 Å². The molecule has 0 amide bonds. The summed E-state index contributed by atoms with van der Waals surface area (Å²) in [6, 6.07) is 4.75. The van der Waals surface area contributed by atoms with E-state index in [0.29, 0.717) is 11.1 Å².